The van der Waals surface area contributed by atoms with E-state index in [1.54, 1.807) is 4.90 Å². The van der Waals surface area contributed by atoms with Crippen LogP contribution in [0.25, 0.3) is 0 Å². The molecule has 1 spiro atoms. The van der Waals surface area contributed by atoms with Gasteiger partial charge < -0.3 is 10.2 Å². The number of hydrogen-bond acceptors (Lipinski definition) is 2. The molecule has 0 radical (unpaired) electrons. The molecule has 0 aromatic carbocycles. The lowest BCUT2D eigenvalue weighted by molar-refractivity contribution is -0.154. The van der Waals surface area contributed by atoms with Crippen LogP contribution in [0.5, 0.6) is 0 Å². The summed E-state index contributed by atoms with van der Waals surface area (Å²) in [4.78, 5) is 25.7. The van der Waals surface area contributed by atoms with Crippen molar-refractivity contribution >= 4 is 11.8 Å². The zero-order chi connectivity index (χ0) is 12.8. The number of halogens is 1. The van der Waals surface area contributed by atoms with Gasteiger partial charge in [0.05, 0.1) is 5.41 Å². The highest BCUT2D eigenvalue weighted by molar-refractivity contribution is 5.89. The van der Waals surface area contributed by atoms with Crippen LogP contribution >= 0.6 is 0 Å². The van der Waals surface area contributed by atoms with Gasteiger partial charge in [0.2, 0.25) is 5.91 Å². The van der Waals surface area contributed by atoms with Crippen molar-refractivity contribution in [2.24, 2.45) is 5.41 Å². The monoisotopic (exact) mass is 254 g/mol. The van der Waals surface area contributed by atoms with Crippen LogP contribution in [-0.2, 0) is 9.59 Å². The number of nitrogens with zero attached hydrogens (tertiary/aromatic N) is 1. The molecule has 1 unspecified atom stereocenters. The van der Waals surface area contributed by atoms with Crippen molar-refractivity contribution in [3.8, 4) is 0 Å². The number of piperidine rings is 1. The summed E-state index contributed by atoms with van der Waals surface area (Å²) in [6, 6.07) is 0. The molecule has 3 rings (SSSR count). The maximum atomic E-state index is 14.2. The van der Waals surface area contributed by atoms with E-state index in [1.165, 1.54) is 0 Å². The molecule has 2 saturated heterocycles. The fourth-order valence-electron chi connectivity index (χ4n) is 3.40. The van der Waals surface area contributed by atoms with Crippen LogP contribution in [-0.4, -0.2) is 42.0 Å². The summed E-state index contributed by atoms with van der Waals surface area (Å²) in [6.07, 6.45) is 3.89. The zero-order valence-corrected chi connectivity index (χ0v) is 10.5. The molecule has 1 atom stereocenters. The van der Waals surface area contributed by atoms with E-state index in [0.717, 1.165) is 25.7 Å². The number of rotatable bonds is 1. The topological polar surface area (TPSA) is 49.4 Å². The van der Waals surface area contributed by atoms with Gasteiger partial charge in [0.1, 0.15) is 0 Å². The minimum absolute atomic E-state index is 0.0431. The summed E-state index contributed by atoms with van der Waals surface area (Å²) in [5, 5.41) is 2.84. The van der Waals surface area contributed by atoms with E-state index in [-0.39, 0.29) is 11.8 Å². The van der Waals surface area contributed by atoms with Crippen molar-refractivity contribution in [2.75, 3.05) is 19.6 Å². The first kappa shape index (κ1) is 11.9. The summed E-state index contributed by atoms with van der Waals surface area (Å²) >= 11 is 0. The third-order valence-electron chi connectivity index (χ3n) is 4.76. The summed E-state index contributed by atoms with van der Waals surface area (Å²) < 4.78 is 14.2. The maximum Gasteiger partial charge on any atom is 0.260 e. The Hall–Kier alpha value is -1.13. The molecule has 2 amide bonds. The van der Waals surface area contributed by atoms with Crippen LogP contribution in [0.2, 0.25) is 0 Å². The van der Waals surface area contributed by atoms with E-state index in [0.29, 0.717) is 32.5 Å². The smallest absolute Gasteiger partial charge is 0.260 e. The minimum Gasteiger partial charge on any atom is -0.356 e. The van der Waals surface area contributed by atoms with Gasteiger partial charge in [0.25, 0.3) is 5.91 Å². The maximum absolute atomic E-state index is 14.2. The first-order valence-electron chi connectivity index (χ1n) is 6.82. The fraction of sp³-hybridized carbons (Fsp3) is 0.846. The highest BCUT2D eigenvalue weighted by Crippen LogP contribution is 2.41. The molecule has 1 aliphatic carbocycles. The van der Waals surface area contributed by atoms with Gasteiger partial charge >= 0.3 is 0 Å². The van der Waals surface area contributed by atoms with Gasteiger partial charge in [0.15, 0.2) is 5.67 Å². The Bertz CT molecular complexity index is 394. The van der Waals surface area contributed by atoms with Crippen LogP contribution in [0.15, 0.2) is 0 Å². The standard InChI is InChI=1S/C13H19FN2O2/c14-13(4-1-5-13)11(18)16-8-2-3-12(9-16)6-7-15-10(12)17/h1-9H2,(H,15,17). The van der Waals surface area contributed by atoms with E-state index in [2.05, 4.69) is 5.32 Å². The van der Waals surface area contributed by atoms with Crippen molar-refractivity contribution in [3.05, 3.63) is 0 Å². The molecule has 3 aliphatic rings. The van der Waals surface area contributed by atoms with Gasteiger partial charge in [-0.2, -0.15) is 0 Å². The van der Waals surface area contributed by atoms with Gasteiger partial charge in [0, 0.05) is 19.6 Å². The summed E-state index contributed by atoms with van der Waals surface area (Å²) in [6.45, 7) is 1.69. The van der Waals surface area contributed by atoms with E-state index >= 15 is 0 Å². The molecule has 1 saturated carbocycles. The average molecular weight is 254 g/mol. The van der Waals surface area contributed by atoms with E-state index in [4.69, 9.17) is 0 Å². The lowest BCUT2D eigenvalue weighted by Crippen LogP contribution is -2.56. The van der Waals surface area contributed by atoms with Gasteiger partial charge in [-0.05, 0) is 38.5 Å². The predicted molar refractivity (Wildman–Crippen MR) is 63.6 cm³/mol. The highest BCUT2D eigenvalue weighted by atomic mass is 19.1. The fourth-order valence-corrected chi connectivity index (χ4v) is 3.40. The summed E-state index contributed by atoms with van der Waals surface area (Å²) in [5.41, 5.74) is -2.07. The average Bonchev–Trinajstić information content (AvgIpc) is 2.67. The molecular weight excluding hydrogens is 235 g/mol. The molecule has 2 aliphatic heterocycles. The second-order valence-corrected chi connectivity index (χ2v) is 5.94. The molecule has 18 heavy (non-hydrogen) atoms. The molecule has 0 aromatic rings. The Morgan fingerprint density at radius 3 is 2.56 bits per heavy atom. The van der Waals surface area contributed by atoms with Gasteiger partial charge in [-0.15, -0.1) is 0 Å². The van der Waals surface area contributed by atoms with E-state index < -0.39 is 11.1 Å². The van der Waals surface area contributed by atoms with Crippen molar-refractivity contribution in [3.63, 3.8) is 0 Å². The second-order valence-electron chi connectivity index (χ2n) is 5.94. The molecular formula is C13H19FN2O2. The molecule has 0 bridgehead atoms. The zero-order valence-electron chi connectivity index (χ0n) is 10.5. The second kappa shape index (κ2) is 3.93. The lowest BCUT2D eigenvalue weighted by atomic mass is 9.76. The lowest BCUT2D eigenvalue weighted by Gasteiger charge is -2.43. The number of carbonyl (C=O) groups is 2. The Morgan fingerprint density at radius 1 is 1.22 bits per heavy atom. The number of carbonyl (C=O) groups excluding carboxylic acids is 2. The number of alkyl halides is 1. The quantitative estimate of drug-likeness (QED) is 0.759. The van der Waals surface area contributed by atoms with Crippen LogP contribution in [0.1, 0.15) is 38.5 Å². The van der Waals surface area contributed by atoms with Crippen LogP contribution in [0.3, 0.4) is 0 Å². The highest BCUT2D eigenvalue weighted by Gasteiger charge is 2.51. The molecule has 2 heterocycles. The Morgan fingerprint density at radius 2 is 2.00 bits per heavy atom. The molecule has 4 nitrogen and oxygen atoms in total. The first-order chi connectivity index (χ1) is 8.56. The van der Waals surface area contributed by atoms with E-state index in [9.17, 15) is 14.0 Å². The molecule has 100 valence electrons. The van der Waals surface area contributed by atoms with Crippen molar-refractivity contribution in [1.29, 1.82) is 0 Å². The third-order valence-corrected chi connectivity index (χ3v) is 4.76. The Labute approximate surface area is 106 Å². The molecule has 3 fully saturated rings. The molecule has 0 aromatic heterocycles. The molecule has 5 heteroatoms. The summed E-state index contributed by atoms with van der Waals surface area (Å²) in [7, 11) is 0. The van der Waals surface area contributed by atoms with Crippen LogP contribution < -0.4 is 5.32 Å². The van der Waals surface area contributed by atoms with Crippen molar-refractivity contribution < 1.29 is 14.0 Å². The normalized spacial score (nSPS) is 34.3. The minimum atomic E-state index is -1.63. The predicted octanol–water partition coefficient (Wildman–Crippen LogP) is 1.01. The van der Waals surface area contributed by atoms with Crippen molar-refractivity contribution in [2.45, 2.75) is 44.2 Å². The number of hydrogen-bond donors (Lipinski definition) is 1. The Balaban J connectivity index is 1.74. The van der Waals surface area contributed by atoms with Crippen LogP contribution in [0.4, 0.5) is 4.39 Å². The number of nitrogens with one attached hydrogen (secondary N) is 1. The van der Waals surface area contributed by atoms with Gasteiger partial charge in [-0.3, -0.25) is 9.59 Å². The summed E-state index contributed by atoms with van der Waals surface area (Å²) in [5.74, 6) is -0.339. The van der Waals surface area contributed by atoms with Crippen molar-refractivity contribution in [1.82, 2.24) is 10.2 Å². The first-order valence-corrected chi connectivity index (χ1v) is 6.82. The Kier molecular flexibility index (Phi) is 2.61. The number of amides is 2. The molecule has 1 N–H and O–H groups in total. The third kappa shape index (κ3) is 1.63. The van der Waals surface area contributed by atoms with E-state index in [1.807, 2.05) is 0 Å². The van der Waals surface area contributed by atoms with Gasteiger partial charge in [-0.1, -0.05) is 0 Å². The SMILES string of the molecule is O=C(N1CCCC2(CCNC2=O)C1)C1(F)CCC1. The number of likely N-dealkylation sites (tertiary alicyclic amines) is 1. The van der Waals surface area contributed by atoms with Crippen LogP contribution in [0, 0.1) is 5.41 Å². The largest absolute Gasteiger partial charge is 0.356 e. The van der Waals surface area contributed by atoms with Gasteiger partial charge in [-0.25, -0.2) is 4.39 Å².